The van der Waals surface area contributed by atoms with Crippen LogP contribution in [0.4, 0.5) is 14.6 Å². The minimum absolute atomic E-state index is 0.146. The number of allylic oxidation sites excluding steroid dienone is 1. The average molecular weight is 417 g/mol. The number of hydrogen-bond donors (Lipinski definition) is 2. The van der Waals surface area contributed by atoms with E-state index in [4.69, 9.17) is 10.5 Å². The van der Waals surface area contributed by atoms with Crippen LogP contribution in [0.1, 0.15) is 35.5 Å². The molecule has 158 valence electrons. The monoisotopic (exact) mass is 417 g/mol. The predicted molar refractivity (Wildman–Crippen MR) is 108 cm³/mol. The van der Waals surface area contributed by atoms with Crippen molar-refractivity contribution in [3.05, 3.63) is 47.3 Å². The summed E-state index contributed by atoms with van der Waals surface area (Å²) in [5, 5.41) is 2.58. The Hall–Kier alpha value is -3.56. The van der Waals surface area contributed by atoms with Crippen LogP contribution in [-0.2, 0) is 6.42 Å². The lowest BCUT2D eigenvalue weighted by Gasteiger charge is -2.16. The Morgan fingerprint density at radius 3 is 2.83 bits per heavy atom. The molecule has 3 N–H and O–H groups in total. The maximum absolute atomic E-state index is 12.9. The molecule has 0 unspecified atom stereocenters. The Morgan fingerprint density at radius 1 is 1.40 bits per heavy atom. The first-order valence-electron chi connectivity index (χ1n) is 9.03. The first-order chi connectivity index (χ1) is 14.2. The Balaban J connectivity index is 1.92. The molecule has 1 amide bonds. The van der Waals surface area contributed by atoms with Gasteiger partial charge in [-0.3, -0.25) is 9.79 Å². The van der Waals surface area contributed by atoms with Gasteiger partial charge in [-0.1, -0.05) is 6.07 Å². The predicted octanol–water partition coefficient (Wildman–Crippen LogP) is 3.04. The third-order valence-corrected chi connectivity index (χ3v) is 4.20. The van der Waals surface area contributed by atoms with Gasteiger partial charge in [0.1, 0.15) is 17.0 Å². The summed E-state index contributed by atoms with van der Waals surface area (Å²) in [5.41, 5.74) is 6.53. The molecule has 0 saturated heterocycles. The number of carbonyl (C=O) groups is 1. The summed E-state index contributed by atoms with van der Waals surface area (Å²) in [7, 11) is 1.59. The van der Waals surface area contributed by atoms with E-state index < -0.39 is 24.0 Å². The van der Waals surface area contributed by atoms with Crippen molar-refractivity contribution in [3.63, 3.8) is 0 Å². The van der Waals surface area contributed by atoms with Gasteiger partial charge in [0.2, 0.25) is 11.8 Å². The van der Waals surface area contributed by atoms with E-state index in [2.05, 4.69) is 25.0 Å². The lowest BCUT2D eigenvalue weighted by Crippen LogP contribution is -2.24. The summed E-state index contributed by atoms with van der Waals surface area (Å²) in [6, 6.07) is 6.36. The second kappa shape index (κ2) is 8.44. The molecule has 3 heterocycles. The first kappa shape index (κ1) is 21.2. The van der Waals surface area contributed by atoms with E-state index in [9.17, 15) is 13.6 Å². The van der Waals surface area contributed by atoms with Gasteiger partial charge in [-0.05, 0) is 32.0 Å². The number of nitrogens with two attached hydrogens (primary N) is 1. The van der Waals surface area contributed by atoms with Gasteiger partial charge in [-0.2, -0.15) is 13.8 Å². The molecule has 0 spiro atoms. The maximum Gasteiger partial charge on any atom is 0.388 e. The van der Waals surface area contributed by atoms with Crippen molar-refractivity contribution < 1.29 is 23.0 Å². The van der Waals surface area contributed by atoms with Crippen molar-refractivity contribution in [2.75, 3.05) is 12.4 Å². The first-order valence-corrected chi connectivity index (χ1v) is 9.03. The highest BCUT2D eigenvalue weighted by Crippen LogP contribution is 2.37. The number of aliphatic imine (C=N–C) groups is 1. The summed E-state index contributed by atoms with van der Waals surface area (Å²) in [4.78, 5) is 25.0. The van der Waals surface area contributed by atoms with Gasteiger partial charge in [0.05, 0.1) is 5.69 Å². The summed E-state index contributed by atoms with van der Waals surface area (Å²) in [6.45, 7) is 0.516. The molecule has 0 bridgehead atoms. The molecule has 0 radical (unpaired) electrons. The largest absolute Gasteiger partial charge is 0.471 e. The molecule has 8 nitrogen and oxygen atoms in total. The molecule has 1 aliphatic heterocycles. The molecule has 2 aromatic rings. The fraction of sp³-hybridized carbons (Fsp3) is 0.300. The zero-order valence-corrected chi connectivity index (χ0v) is 16.6. The normalized spacial score (nSPS) is 15.2. The van der Waals surface area contributed by atoms with Crippen LogP contribution >= 0.6 is 0 Å². The van der Waals surface area contributed by atoms with Gasteiger partial charge in [0, 0.05) is 37.0 Å². The zero-order chi connectivity index (χ0) is 21.9. The van der Waals surface area contributed by atoms with Crippen molar-refractivity contribution in [3.8, 4) is 11.8 Å². The lowest BCUT2D eigenvalue weighted by molar-refractivity contribution is -0.0534. The number of nitrogens with zero attached hydrogens (tertiary/aromatic N) is 3. The SMILES string of the molecule is CN=CC(=CN)c1cccc(NC(=O)c2cc3c(nc2OC(F)F)OC(C)(C)C3)n1. The quantitative estimate of drug-likeness (QED) is 0.699. The molecule has 10 heteroatoms. The van der Waals surface area contributed by atoms with Gasteiger partial charge < -0.3 is 20.5 Å². The summed E-state index contributed by atoms with van der Waals surface area (Å²) in [6.07, 6.45) is 3.33. The van der Waals surface area contributed by atoms with Crippen molar-refractivity contribution >= 4 is 23.5 Å². The van der Waals surface area contributed by atoms with Crippen LogP contribution < -0.4 is 20.5 Å². The Kier molecular flexibility index (Phi) is 5.95. The van der Waals surface area contributed by atoms with Crippen LogP contribution in [0.2, 0.25) is 0 Å². The van der Waals surface area contributed by atoms with Crippen LogP contribution in [0.15, 0.2) is 35.5 Å². The molecule has 2 aromatic heterocycles. The van der Waals surface area contributed by atoms with Crippen molar-refractivity contribution in [1.82, 2.24) is 9.97 Å². The van der Waals surface area contributed by atoms with Crippen LogP contribution in [-0.4, -0.2) is 41.3 Å². The third-order valence-electron chi connectivity index (χ3n) is 4.20. The third kappa shape index (κ3) is 4.70. The molecule has 3 rings (SSSR count). The zero-order valence-electron chi connectivity index (χ0n) is 16.6. The Bertz CT molecular complexity index is 1020. The number of halogens is 2. The maximum atomic E-state index is 12.9. The van der Waals surface area contributed by atoms with E-state index in [0.29, 0.717) is 23.3 Å². The highest BCUT2D eigenvalue weighted by molar-refractivity contribution is 6.09. The van der Waals surface area contributed by atoms with Crippen molar-refractivity contribution in [2.45, 2.75) is 32.5 Å². The van der Waals surface area contributed by atoms with Gasteiger partial charge in [-0.15, -0.1) is 0 Å². The second-order valence-corrected chi connectivity index (χ2v) is 7.09. The highest BCUT2D eigenvalue weighted by Gasteiger charge is 2.34. The molecule has 0 fully saturated rings. The number of aromatic nitrogens is 2. The number of pyridine rings is 2. The van der Waals surface area contributed by atoms with E-state index in [1.807, 2.05) is 13.8 Å². The molecular weight excluding hydrogens is 396 g/mol. The number of anilines is 1. The summed E-state index contributed by atoms with van der Waals surface area (Å²) < 4.78 is 35.8. The topological polar surface area (TPSA) is 112 Å². The van der Waals surface area contributed by atoms with Gasteiger partial charge in [0.15, 0.2) is 0 Å². The number of fused-ring (bicyclic) bond motifs is 1. The number of carbonyl (C=O) groups excluding carboxylic acids is 1. The number of nitrogens with one attached hydrogen (secondary N) is 1. The van der Waals surface area contributed by atoms with Gasteiger partial charge in [-0.25, -0.2) is 4.98 Å². The average Bonchev–Trinajstić information content (AvgIpc) is 2.97. The number of amides is 1. The minimum Gasteiger partial charge on any atom is -0.471 e. The molecule has 0 saturated carbocycles. The van der Waals surface area contributed by atoms with Gasteiger partial charge in [0.25, 0.3) is 5.91 Å². The van der Waals surface area contributed by atoms with E-state index in [0.717, 1.165) is 0 Å². The van der Waals surface area contributed by atoms with E-state index in [-0.39, 0.29) is 17.3 Å². The fourth-order valence-corrected chi connectivity index (χ4v) is 3.01. The number of rotatable bonds is 6. The lowest BCUT2D eigenvalue weighted by atomic mass is 10.0. The number of hydrogen-bond acceptors (Lipinski definition) is 7. The van der Waals surface area contributed by atoms with Crippen molar-refractivity contribution in [1.29, 1.82) is 0 Å². The summed E-state index contributed by atoms with van der Waals surface area (Å²) in [5.74, 6) is -0.848. The Morgan fingerprint density at radius 2 is 2.17 bits per heavy atom. The van der Waals surface area contributed by atoms with Crippen LogP contribution in [0, 0.1) is 0 Å². The molecule has 0 aliphatic carbocycles. The highest BCUT2D eigenvalue weighted by atomic mass is 19.3. The van der Waals surface area contributed by atoms with Crippen LogP contribution in [0.3, 0.4) is 0 Å². The van der Waals surface area contributed by atoms with Crippen molar-refractivity contribution in [2.24, 2.45) is 10.7 Å². The standard InChI is InChI=1S/C20H21F2N5O3/c1-20(2)8-11-7-13(18(29-19(21)22)27-17(11)30-20)16(28)26-15-6-4-5-14(25-15)12(9-23)10-24-3/h4-7,9-10,19H,8,23H2,1-3H3,(H,25,26,28). The summed E-state index contributed by atoms with van der Waals surface area (Å²) >= 11 is 0. The number of ether oxygens (including phenoxy) is 2. The Labute approximate surface area is 171 Å². The number of alkyl halides is 2. The van der Waals surface area contributed by atoms with Gasteiger partial charge >= 0.3 is 6.61 Å². The molecule has 1 aliphatic rings. The second-order valence-electron chi connectivity index (χ2n) is 7.09. The molecule has 30 heavy (non-hydrogen) atoms. The minimum atomic E-state index is -3.15. The van der Waals surface area contributed by atoms with E-state index in [1.54, 1.807) is 25.2 Å². The van der Waals surface area contributed by atoms with E-state index >= 15 is 0 Å². The van der Waals surface area contributed by atoms with Crippen LogP contribution in [0.25, 0.3) is 5.57 Å². The smallest absolute Gasteiger partial charge is 0.388 e. The fourth-order valence-electron chi connectivity index (χ4n) is 3.01. The molecule has 0 atom stereocenters. The van der Waals surface area contributed by atoms with Crippen LogP contribution in [0.5, 0.6) is 11.8 Å². The molecule has 0 aromatic carbocycles. The molecular formula is C20H21F2N5O3. The van der Waals surface area contributed by atoms with E-state index in [1.165, 1.54) is 18.5 Å².